The predicted octanol–water partition coefficient (Wildman–Crippen LogP) is 1.07. The van der Waals surface area contributed by atoms with Gasteiger partial charge in [-0.25, -0.2) is 9.18 Å². The molecule has 0 radical (unpaired) electrons. The second kappa shape index (κ2) is 3.10. The van der Waals surface area contributed by atoms with Gasteiger partial charge in [-0.3, -0.25) is 0 Å². The average molecular weight is 194 g/mol. The molecule has 0 bridgehead atoms. The van der Waals surface area contributed by atoms with Crippen molar-refractivity contribution in [1.29, 1.82) is 0 Å². The highest BCUT2D eigenvalue weighted by molar-refractivity contribution is 5.83. The van der Waals surface area contributed by atoms with Gasteiger partial charge in [0.15, 0.2) is 0 Å². The fraction of sp³-hybridized carbons (Fsp3) is 0.111. The van der Waals surface area contributed by atoms with Gasteiger partial charge in [-0.1, -0.05) is 0 Å². The van der Waals surface area contributed by atoms with Gasteiger partial charge in [0.05, 0.1) is 18.0 Å². The smallest absolute Gasteiger partial charge is 0.348 e. The first-order valence-corrected chi connectivity index (χ1v) is 3.94. The third kappa shape index (κ3) is 1.32. The quantitative estimate of drug-likeness (QED) is 0.738. The van der Waals surface area contributed by atoms with E-state index in [-0.39, 0.29) is 5.88 Å². The Labute approximate surface area is 78.4 Å². The van der Waals surface area contributed by atoms with Gasteiger partial charge in [0.1, 0.15) is 5.82 Å². The first-order valence-electron chi connectivity index (χ1n) is 3.94. The van der Waals surface area contributed by atoms with Crippen molar-refractivity contribution in [2.75, 3.05) is 7.11 Å². The van der Waals surface area contributed by atoms with Gasteiger partial charge in [-0.15, -0.1) is 0 Å². The summed E-state index contributed by atoms with van der Waals surface area (Å²) in [7, 11) is 1.38. The molecule has 1 aromatic carbocycles. The van der Waals surface area contributed by atoms with Gasteiger partial charge in [0.25, 0.3) is 0 Å². The number of aromatic nitrogens is 2. The number of methoxy groups -OCH3 is 1. The Bertz CT molecular complexity index is 536. The van der Waals surface area contributed by atoms with Crippen molar-refractivity contribution in [3.8, 4) is 5.88 Å². The van der Waals surface area contributed by atoms with Crippen LogP contribution in [0.5, 0.6) is 5.88 Å². The van der Waals surface area contributed by atoms with Crippen LogP contribution in [0.15, 0.2) is 23.0 Å². The lowest BCUT2D eigenvalue weighted by molar-refractivity contribution is 0.401. The highest BCUT2D eigenvalue weighted by Gasteiger charge is 2.05. The molecular formula is C9H7FN2O2. The maximum absolute atomic E-state index is 12.9. The number of rotatable bonds is 1. The average Bonchev–Trinajstić information content (AvgIpc) is 2.17. The number of hydrogen-bond donors (Lipinski definition) is 1. The zero-order valence-electron chi connectivity index (χ0n) is 7.37. The van der Waals surface area contributed by atoms with Crippen molar-refractivity contribution in [3.63, 3.8) is 0 Å². The van der Waals surface area contributed by atoms with Gasteiger partial charge >= 0.3 is 5.69 Å². The number of nitrogens with one attached hydrogen (secondary N) is 1. The molecule has 1 aromatic heterocycles. The predicted molar refractivity (Wildman–Crippen MR) is 48.9 cm³/mol. The lowest BCUT2D eigenvalue weighted by atomic mass is 10.2. The van der Waals surface area contributed by atoms with Crippen LogP contribution in [0.3, 0.4) is 0 Å². The summed E-state index contributed by atoms with van der Waals surface area (Å²) in [4.78, 5) is 17.0. The molecule has 0 spiro atoms. The first kappa shape index (κ1) is 8.68. The number of halogens is 1. The molecule has 2 rings (SSSR count). The number of aromatic amines is 1. The molecule has 1 heterocycles. The van der Waals surface area contributed by atoms with Crippen LogP contribution in [0, 0.1) is 5.82 Å². The molecule has 0 fully saturated rings. The van der Waals surface area contributed by atoms with Crippen LogP contribution >= 0.6 is 0 Å². The fourth-order valence-corrected chi connectivity index (χ4v) is 1.25. The largest absolute Gasteiger partial charge is 0.480 e. The standard InChI is InChI=1S/C9H7FN2O2/c1-14-8-6-4-5(10)2-3-7(6)11-9(13)12-8/h2-4H,1H3,(H,11,12,13). The SMILES string of the molecule is COc1nc(=O)[nH]c2ccc(F)cc12. The summed E-state index contributed by atoms with van der Waals surface area (Å²) in [6.45, 7) is 0. The van der Waals surface area contributed by atoms with Crippen molar-refractivity contribution in [1.82, 2.24) is 9.97 Å². The molecule has 0 aliphatic rings. The van der Waals surface area contributed by atoms with E-state index in [0.717, 1.165) is 0 Å². The van der Waals surface area contributed by atoms with Crippen LogP contribution < -0.4 is 10.4 Å². The van der Waals surface area contributed by atoms with Crippen LogP contribution in [0.4, 0.5) is 4.39 Å². The molecule has 4 nitrogen and oxygen atoms in total. The Hall–Kier alpha value is -1.91. The minimum Gasteiger partial charge on any atom is -0.480 e. The molecule has 0 aliphatic carbocycles. The van der Waals surface area contributed by atoms with Crippen LogP contribution in [0.25, 0.3) is 10.9 Å². The van der Waals surface area contributed by atoms with E-state index in [1.165, 1.54) is 25.3 Å². The number of H-pyrrole nitrogens is 1. The number of hydrogen-bond acceptors (Lipinski definition) is 3. The number of benzene rings is 1. The molecule has 14 heavy (non-hydrogen) atoms. The topological polar surface area (TPSA) is 55.0 Å². The Morgan fingerprint density at radius 2 is 2.29 bits per heavy atom. The van der Waals surface area contributed by atoms with Crippen molar-refractivity contribution in [2.24, 2.45) is 0 Å². The molecule has 2 aromatic rings. The lowest BCUT2D eigenvalue weighted by Gasteiger charge is -2.02. The Morgan fingerprint density at radius 1 is 1.50 bits per heavy atom. The molecule has 0 unspecified atom stereocenters. The molecule has 0 saturated heterocycles. The van der Waals surface area contributed by atoms with Crippen molar-refractivity contribution in [2.45, 2.75) is 0 Å². The number of nitrogens with zero attached hydrogens (tertiary/aromatic N) is 1. The fourth-order valence-electron chi connectivity index (χ4n) is 1.25. The summed E-state index contributed by atoms with van der Waals surface area (Å²) in [5.74, 6) is -0.270. The molecule has 1 N–H and O–H groups in total. The van der Waals surface area contributed by atoms with Crippen molar-refractivity contribution < 1.29 is 9.13 Å². The van der Waals surface area contributed by atoms with E-state index in [4.69, 9.17) is 4.74 Å². The highest BCUT2D eigenvalue weighted by atomic mass is 19.1. The van der Waals surface area contributed by atoms with Crippen LogP contribution in [-0.2, 0) is 0 Å². The van der Waals surface area contributed by atoms with Crippen LogP contribution in [0.1, 0.15) is 0 Å². The van der Waals surface area contributed by atoms with Crippen LogP contribution in [-0.4, -0.2) is 17.1 Å². The zero-order valence-corrected chi connectivity index (χ0v) is 7.37. The maximum Gasteiger partial charge on any atom is 0.348 e. The second-order valence-corrected chi connectivity index (χ2v) is 2.74. The molecule has 5 heteroatoms. The van der Waals surface area contributed by atoms with Crippen LogP contribution in [0.2, 0.25) is 0 Å². The third-order valence-corrected chi connectivity index (χ3v) is 1.85. The van der Waals surface area contributed by atoms with Gasteiger partial charge < -0.3 is 9.72 Å². The lowest BCUT2D eigenvalue weighted by Crippen LogP contribution is -2.11. The van der Waals surface area contributed by atoms with Crippen molar-refractivity contribution in [3.05, 3.63) is 34.5 Å². The summed E-state index contributed by atoms with van der Waals surface area (Å²) in [5, 5.41) is 0.451. The van der Waals surface area contributed by atoms with E-state index in [9.17, 15) is 9.18 Å². The molecule has 0 atom stereocenters. The van der Waals surface area contributed by atoms with E-state index in [1.54, 1.807) is 0 Å². The van der Waals surface area contributed by atoms with Gasteiger partial charge in [0.2, 0.25) is 5.88 Å². The highest BCUT2D eigenvalue weighted by Crippen LogP contribution is 2.19. The minimum absolute atomic E-state index is 0.128. The Balaban J connectivity index is 2.88. The Kier molecular flexibility index (Phi) is 1.92. The number of fused-ring (bicyclic) bond motifs is 1. The minimum atomic E-state index is -0.513. The Morgan fingerprint density at radius 3 is 3.00 bits per heavy atom. The number of ether oxygens (including phenoxy) is 1. The van der Waals surface area contributed by atoms with E-state index < -0.39 is 11.5 Å². The van der Waals surface area contributed by atoms with E-state index in [1.807, 2.05) is 0 Å². The van der Waals surface area contributed by atoms with Gasteiger partial charge in [0, 0.05) is 0 Å². The molecular weight excluding hydrogens is 187 g/mol. The maximum atomic E-state index is 12.9. The summed E-state index contributed by atoms with van der Waals surface area (Å²) in [6, 6.07) is 3.99. The normalized spacial score (nSPS) is 10.4. The molecule has 0 amide bonds. The molecule has 72 valence electrons. The van der Waals surface area contributed by atoms with E-state index >= 15 is 0 Å². The summed E-state index contributed by atoms with van der Waals surface area (Å²) < 4.78 is 17.7. The van der Waals surface area contributed by atoms with E-state index in [0.29, 0.717) is 10.9 Å². The summed E-state index contributed by atoms with van der Waals surface area (Å²) in [6.07, 6.45) is 0. The first-order chi connectivity index (χ1) is 6.70. The monoisotopic (exact) mass is 194 g/mol. The van der Waals surface area contributed by atoms with Gasteiger partial charge in [-0.2, -0.15) is 4.98 Å². The second-order valence-electron chi connectivity index (χ2n) is 2.74. The van der Waals surface area contributed by atoms with E-state index in [2.05, 4.69) is 9.97 Å². The molecule has 0 saturated carbocycles. The van der Waals surface area contributed by atoms with Gasteiger partial charge in [-0.05, 0) is 18.2 Å². The molecule has 0 aliphatic heterocycles. The summed E-state index contributed by atoms with van der Waals surface area (Å²) >= 11 is 0. The van der Waals surface area contributed by atoms with Crippen molar-refractivity contribution >= 4 is 10.9 Å². The third-order valence-electron chi connectivity index (χ3n) is 1.85. The zero-order chi connectivity index (χ0) is 10.1. The summed E-state index contributed by atoms with van der Waals surface area (Å²) in [5.41, 5.74) is -0.00999.